The van der Waals surface area contributed by atoms with Gasteiger partial charge in [-0.2, -0.15) is 0 Å². The van der Waals surface area contributed by atoms with Crippen LogP contribution in [0.1, 0.15) is 394 Å². The Hall–Kier alpha value is -3.96. The van der Waals surface area contributed by atoms with Gasteiger partial charge in [-0.05, 0) is 208 Å². The first-order valence-corrected chi connectivity index (χ1v) is 62.8. The van der Waals surface area contributed by atoms with Crippen LogP contribution in [0.3, 0.4) is 0 Å². The SMILES string of the molecule is CCCCCCCCc1cc(/C=C2\SC(=S)N(CCCCCCCC)C2=O)sc1-c1ccc(-c2sc(-c3cc4c(-c5ccc(CC(CC)CCCC)s5)c5sc(-c6cc(CCCCCCCC)c(-c7ccc(-c8sc(/C=C9\SC(=S)N(CCCCCCCC)C9=O)cc8CCCCCCCC)s7)s6)cc5c(-c5ccc(CC(CC)CCCC)s5)c4s3)cc2CCCCCCCC)s1. The molecule has 0 spiro atoms. The van der Waals surface area contributed by atoms with E-state index in [2.05, 4.69) is 234 Å². The van der Waals surface area contributed by atoms with Gasteiger partial charge in [-0.1, -0.05) is 361 Å². The molecule has 0 saturated carbocycles. The van der Waals surface area contributed by atoms with Crippen molar-refractivity contribution in [2.75, 3.05) is 13.1 Å². The van der Waals surface area contributed by atoms with Crippen molar-refractivity contribution in [1.29, 1.82) is 0 Å². The normalized spacial score (nSPS) is 14.4. The van der Waals surface area contributed by atoms with Gasteiger partial charge in [0.25, 0.3) is 11.8 Å². The molecule has 18 heteroatoms. The lowest BCUT2D eigenvalue weighted by Gasteiger charge is -2.13. The van der Waals surface area contributed by atoms with Crippen molar-refractivity contribution in [3.05, 3.63) is 137 Å². The van der Waals surface area contributed by atoms with E-state index in [0.29, 0.717) is 33.6 Å². The highest BCUT2D eigenvalue weighted by Crippen LogP contribution is 2.58. The third-order valence-electron chi connectivity index (χ3n) is 27.2. The average molecular weight is 2030 g/mol. The van der Waals surface area contributed by atoms with E-state index in [9.17, 15) is 9.59 Å². The molecule has 2 atom stereocenters. The van der Waals surface area contributed by atoms with Crippen molar-refractivity contribution in [2.24, 2.45) is 11.8 Å². The third kappa shape index (κ3) is 29.1. The van der Waals surface area contributed by atoms with Crippen LogP contribution in [0.25, 0.3) is 112 Å². The number of benzene rings is 1. The van der Waals surface area contributed by atoms with Gasteiger partial charge in [-0.25, -0.2) is 0 Å². The van der Waals surface area contributed by atoms with Gasteiger partial charge in [0, 0.05) is 132 Å². The van der Waals surface area contributed by atoms with Gasteiger partial charge < -0.3 is 0 Å². The predicted octanol–water partition coefficient (Wildman–Crippen LogP) is 42.2. The predicted molar refractivity (Wildman–Crippen MR) is 613 cm³/mol. The van der Waals surface area contributed by atoms with Gasteiger partial charge in [0.2, 0.25) is 0 Å². The number of thiocarbonyl (C=S) groups is 2. The van der Waals surface area contributed by atoms with Crippen LogP contribution in [-0.2, 0) is 48.1 Å². The number of thioether (sulfide) groups is 2. The van der Waals surface area contributed by atoms with Gasteiger partial charge in [-0.3, -0.25) is 19.4 Å². The van der Waals surface area contributed by atoms with E-state index in [4.69, 9.17) is 24.4 Å². The summed E-state index contributed by atoms with van der Waals surface area (Å²) in [7, 11) is 0. The summed E-state index contributed by atoms with van der Waals surface area (Å²) >= 11 is 35.1. The van der Waals surface area contributed by atoms with Crippen molar-refractivity contribution >= 4 is 214 Å². The van der Waals surface area contributed by atoms with E-state index in [-0.39, 0.29) is 11.8 Å². The molecule has 2 fully saturated rings. The summed E-state index contributed by atoms with van der Waals surface area (Å²) < 4.78 is 4.27. The molecule has 2 amide bonds. The molecular weight excluding hydrogens is 1880 g/mol. The highest BCUT2D eigenvalue weighted by atomic mass is 32.2. The topological polar surface area (TPSA) is 40.6 Å². The van der Waals surface area contributed by atoms with E-state index in [1.54, 1.807) is 0 Å². The number of aryl methyl sites for hydroxylation is 4. The number of unbranched alkanes of at least 4 members (excludes halogenated alkanes) is 32. The molecule has 132 heavy (non-hydrogen) atoms. The minimum Gasteiger partial charge on any atom is -0.293 e. The molecule has 0 bridgehead atoms. The zero-order chi connectivity index (χ0) is 92.5. The van der Waals surface area contributed by atoms with Crippen molar-refractivity contribution in [3.63, 3.8) is 0 Å². The van der Waals surface area contributed by atoms with Crippen LogP contribution in [0.4, 0.5) is 0 Å². The molecule has 1 aromatic carbocycles. The second kappa shape index (κ2) is 55.9. The first kappa shape index (κ1) is 105. The third-order valence-corrected chi connectivity index (χ3v) is 42.4. The molecular formula is C114H152N2O2S14. The van der Waals surface area contributed by atoms with E-state index >= 15 is 0 Å². The van der Waals surface area contributed by atoms with Crippen LogP contribution < -0.4 is 0 Å². The molecule has 0 aliphatic carbocycles. The lowest BCUT2D eigenvalue weighted by molar-refractivity contribution is -0.123. The van der Waals surface area contributed by atoms with E-state index in [0.717, 1.165) is 83.8 Å². The highest BCUT2D eigenvalue weighted by Gasteiger charge is 2.35. The molecule has 2 saturated heterocycles. The van der Waals surface area contributed by atoms with Gasteiger partial charge in [0.05, 0.1) is 9.81 Å². The quantitative estimate of drug-likeness (QED) is 0.0215. The van der Waals surface area contributed by atoms with Crippen LogP contribution >= 0.6 is 161 Å². The summed E-state index contributed by atoms with van der Waals surface area (Å²) in [5.41, 5.74) is 8.70. The van der Waals surface area contributed by atoms with Crippen molar-refractivity contribution in [3.8, 4) is 79.4 Å². The van der Waals surface area contributed by atoms with E-state index in [1.807, 2.05) is 55.1 Å². The van der Waals surface area contributed by atoms with Crippen LogP contribution in [0.5, 0.6) is 0 Å². The Morgan fingerprint density at radius 1 is 0.288 bits per heavy atom. The van der Waals surface area contributed by atoms with E-state index < -0.39 is 0 Å². The van der Waals surface area contributed by atoms with Crippen LogP contribution in [0.2, 0.25) is 0 Å². The second-order valence-electron chi connectivity index (χ2n) is 37.8. The number of hydrogen-bond acceptors (Lipinski definition) is 16. The summed E-state index contributed by atoms with van der Waals surface area (Å²) in [4.78, 5) is 58.5. The molecule has 2 unspecified atom stereocenters. The van der Waals surface area contributed by atoms with Crippen LogP contribution in [0.15, 0.2) is 94.7 Å². The number of carbonyl (C=O) groups excluding carboxylic acids is 2. The molecule has 0 N–H and O–H groups in total. The Labute approximate surface area is 855 Å². The Morgan fingerprint density at radius 2 is 0.576 bits per heavy atom. The summed E-state index contributed by atoms with van der Waals surface area (Å²) in [6.45, 7) is 24.8. The first-order valence-electron chi connectivity index (χ1n) is 52.1. The Morgan fingerprint density at radius 3 is 0.902 bits per heavy atom. The molecule has 2 aliphatic rings. The van der Waals surface area contributed by atoms with Crippen molar-refractivity contribution < 1.29 is 9.59 Å². The minimum absolute atomic E-state index is 0.0804. The maximum atomic E-state index is 14.2. The number of nitrogens with zero attached hydrogens (tertiary/aromatic N) is 2. The van der Waals surface area contributed by atoms with Gasteiger partial charge in [0.15, 0.2) is 0 Å². The summed E-state index contributed by atoms with van der Waals surface area (Å²) in [6, 6.07) is 35.5. The van der Waals surface area contributed by atoms with Gasteiger partial charge >= 0.3 is 0 Å². The Kier molecular flexibility index (Phi) is 44.6. The fourth-order valence-electron chi connectivity index (χ4n) is 19.2. The molecule has 10 aromatic heterocycles. The fraction of sp³-hybridized carbons (Fsp3) is 0.561. The smallest absolute Gasteiger partial charge is 0.266 e. The highest BCUT2D eigenvalue weighted by molar-refractivity contribution is 8.27. The second-order valence-corrected chi connectivity index (χ2v) is 52.0. The van der Waals surface area contributed by atoms with Gasteiger partial charge in [0.1, 0.15) is 8.64 Å². The fourth-order valence-corrected chi connectivity index (χ4v) is 34.4. The number of amides is 2. The number of hydrogen-bond donors (Lipinski definition) is 0. The lowest BCUT2D eigenvalue weighted by atomic mass is 9.95. The summed E-state index contributed by atoms with van der Waals surface area (Å²) in [5, 5.41) is 2.82. The van der Waals surface area contributed by atoms with Gasteiger partial charge in [-0.15, -0.1) is 113 Å². The number of fused-ring (bicyclic) bond motifs is 2. The molecule has 2 aliphatic heterocycles. The van der Waals surface area contributed by atoms with E-state index in [1.165, 1.54) is 412 Å². The molecule has 0 radical (unpaired) electrons. The maximum Gasteiger partial charge on any atom is 0.266 e. The van der Waals surface area contributed by atoms with Crippen LogP contribution in [-0.4, -0.2) is 43.3 Å². The van der Waals surface area contributed by atoms with Crippen molar-refractivity contribution in [2.45, 2.75) is 390 Å². The summed E-state index contributed by atoms with van der Waals surface area (Å²) in [5.74, 6) is 1.51. The minimum atomic E-state index is 0.0804. The average Bonchev–Trinajstić information content (AvgIpc) is 1.56. The molecule has 714 valence electrons. The monoisotopic (exact) mass is 2030 g/mol. The van der Waals surface area contributed by atoms with Crippen LogP contribution in [0, 0.1) is 11.8 Å². The number of thiophene rings is 10. The Balaban J connectivity index is 0.923. The zero-order valence-electron chi connectivity index (χ0n) is 81.6. The standard InChI is InChI=1S/C114H152N2O2S14/c1-11-21-29-35-41-47-55-81-71-87(75-101-111(117)115(113(119)131-101)67-51-45-39-33-25-15-5)123-105(81)93-63-65-95(125-93)107-83(57-49-43-37-31-23-13-3)73-97(127-107)99-77-89-103(91-61-59-85(121-91)69-79(19-9)53-27-17-7)110-90(104(109(89)129-99)92-62-60-86(122-92)70-80(20-10)54-28-18-8)78-100(130-110)98-74-84(58-50-44-38-32-24-14-4)108(128-98)96-66-64-94(126-96)106-82(56-48-42-36-30-22-12-2)72-88(124-106)76-102-112(118)116(114(120)132-102)68-52-46-40-34-26-16-6/h59-66,71-80H,11-58,67-70H2,1-10H3/b101-75-,102-76-. The lowest BCUT2D eigenvalue weighted by Crippen LogP contribution is -2.28. The molecule has 13 rings (SSSR count). The number of rotatable bonds is 64. The first-order chi connectivity index (χ1) is 64.7. The molecule has 11 aromatic rings. The van der Waals surface area contributed by atoms with Crippen molar-refractivity contribution in [1.82, 2.24) is 9.80 Å². The molecule has 4 nitrogen and oxygen atoms in total. The Bertz CT molecular complexity index is 5090. The zero-order valence-corrected chi connectivity index (χ0v) is 93.0. The maximum absolute atomic E-state index is 14.2. The number of carbonyl (C=O) groups is 2. The largest absolute Gasteiger partial charge is 0.293 e. The summed E-state index contributed by atoms with van der Waals surface area (Å²) in [6.07, 6.45) is 65.5. The molecule has 12 heterocycles.